The first-order valence-electron chi connectivity index (χ1n) is 8.34. The molecule has 1 fully saturated rings. The Bertz CT molecular complexity index is 579. The maximum atomic E-state index is 12.3. The summed E-state index contributed by atoms with van der Waals surface area (Å²) in [5.41, 5.74) is 0.926. The number of piperazine rings is 1. The Labute approximate surface area is 163 Å². The molecular formula is C18H26N2O4S2. The first kappa shape index (κ1) is 22.5. The number of thioether (sulfide) groups is 2. The van der Waals surface area contributed by atoms with Crippen LogP contribution in [-0.2, 0) is 19.2 Å². The van der Waals surface area contributed by atoms with Gasteiger partial charge < -0.3 is 9.80 Å². The molecule has 0 radical (unpaired) electrons. The lowest BCUT2D eigenvalue weighted by Gasteiger charge is -2.35. The highest BCUT2D eigenvalue weighted by Gasteiger charge is 2.34. The predicted octanol–water partition coefficient (Wildman–Crippen LogP) is 2.11. The molecule has 6 nitrogen and oxygen atoms in total. The molecule has 0 spiro atoms. The largest absolute Gasteiger partial charge is 0.332 e. The van der Waals surface area contributed by atoms with Crippen molar-refractivity contribution >= 4 is 45.6 Å². The van der Waals surface area contributed by atoms with Gasteiger partial charge in [-0.3, -0.25) is 19.2 Å². The molecular weight excluding hydrogens is 372 g/mol. The molecule has 0 aromatic carbocycles. The standard InChI is InChI=1S/C18H26N2O4S2/c1-11(2)17(23)25-13(5)9-19-7-8-20(16(22)15(19)21)10-14(6)26-18(24)12(3)4/h13-14H,1,3,7-10H2,2,4-6H3. The van der Waals surface area contributed by atoms with E-state index in [-0.39, 0.29) is 20.7 Å². The average molecular weight is 399 g/mol. The molecule has 0 aromatic heterocycles. The van der Waals surface area contributed by atoms with E-state index in [0.717, 1.165) is 23.5 Å². The number of carbonyl (C=O) groups excluding carboxylic acids is 4. The second-order valence-corrected chi connectivity index (χ2v) is 9.32. The molecule has 2 atom stereocenters. The van der Waals surface area contributed by atoms with Gasteiger partial charge >= 0.3 is 11.8 Å². The first-order chi connectivity index (χ1) is 12.0. The van der Waals surface area contributed by atoms with E-state index in [4.69, 9.17) is 0 Å². The fourth-order valence-corrected chi connectivity index (χ4v) is 3.97. The summed E-state index contributed by atoms with van der Waals surface area (Å²) < 4.78 is 0. The Morgan fingerprint density at radius 1 is 0.885 bits per heavy atom. The Hall–Kier alpha value is -1.54. The van der Waals surface area contributed by atoms with Gasteiger partial charge in [-0.25, -0.2) is 0 Å². The van der Waals surface area contributed by atoms with Crippen LogP contribution in [0.5, 0.6) is 0 Å². The number of amides is 2. The highest BCUT2D eigenvalue weighted by molar-refractivity contribution is 8.14. The summed E-state index contributed by atoms with van der Waals surface area (Å²) in [5.74, 6) is -1.12. The minimum atomic E-state index is -0.560. The van der Waals surface area contributed by atoms with Crippen molar-refractivity contribution in [2.45, 2.75) is 38.2 Å². The minimum Gasteiger partial charge on any atom is -0.332 e. The van der Waals surface area contributed by atoms with Crippen LogP contribution in [0.3, 0.4) is 0 Å². The lowest BCUT2D eigenvalue weighted by atomic mass is 10.2. The van der Waals surface area contributed by atoms with Crippen molar-refractivity contribution in [1.29, 1.82) is 0 Å². The van der Waals surface area contributed by atoms with Crippen LogP contribution in [0.25, 0.3) is 0 Å². The first-order valence-corrected chi connectivity index (χ1v) is 10.1. The van der Waals surface area contributed by atoms with Crippen molar-refractivity contribution in [3.63, 3.8) is 0 Å². The van der Waals surface area contributed by atoms with Crippen molar-refractivity contribution in [2.24, 2.45) is 0 Å². The van der Waals surface area contributed by atoms with E-state index in [1.54, 1.807) is 13.8 Å². The molecule has 1 aliphatic heterocycles. The second-order valence-electron chi connectivity index (χ2n) is 6.49. The zero-order chi connectivity index (χ0) is 20.0. The Kier molecular flexibility index (Phi) is 8.62. The molecule has 1 saturated heterocycles. The zero-order valence-corrected chi connectivity index (χ0v) is 17.4. The van der Waals surface area contributed by atoms with Gasteiger partial charge in [0.2, 0.25) is 10.2 Å². The van der Waals surface area contributed by atoms with Crippen LogP contribution >= 0.6 is 23.5 Å². The molecule has 0 aromatic rings. The summed E-state index contributed by atoms with van der Waals surface area (Å²) in [7, 11) is 0. The molecule has 2 amide bonds. The molecule has 0 aliphatic carbocycles. The molecule has 8 heteroatoms. The number of nitrogens with zero attached hydrogens (tertiary/aromatic N) is 2. The van der Waals surface area contributed by atoms with Crippen LogP contribution in [0, 0.1) is 0 Å². The summed E-state index contributed by atoms with van der Waals surface area (Å²) in [6.45, 7) is 15.7. The van der Waals surface area contributed by atoms with Gasteiger partial charge in [0.1, 0.15) is 0 Å². The molecule has 26 heavy (non-hydrogen) atoms. The third-order valence-electron chi connectivity index (χ3n) is 3.67. The van der Waals surface area contributed by atoms with E-state index in [1.807, 2.05) is 13.8 Å². The molecule has 0 N–H and O–H groups in total. The van der Waals surface area contributed by atoms with Gasteiger partial charge in [0, 0.05) is 36.7 Å². The van der Waals surface area contributed by atoms with Crippen molar-refractivity contribution in [2.75, 3.05) is 26.2 Å². The van der Waals surface area contributed by atoms with E-state index in [1.165, 1.54) is 9.80 Å². The SMILES string of the molecule is C=C(C)C(=O)SC(C)CN1CCN(CC(C)SC(=O)C(=C)C)C(=O)C1=O. The van der Waals surface area contributed by atoms with Crippen molar-refractivity contribution < 1.29 is 19.2 Å². The lowest BCUT2D eigenvalue weighted by Crippen LogP contribution is -2.56. The molecule has 0 saturated carbocycles. The van der Waals surface area contributed by atoms with E-state index >= 15 is 0 Å². The Morgan fingerprint density at radius 3 is 1.46 bits per heavy atom. The summed E-state index contributed by atoms with van der Waals surface area (Å²) in [4.78, 5) is 51.0. The van der Waals surface area contributed by atoms with Gasteiger partial charge in [-0.15, -0.1) is 0 Å². The highest BCUT2D eigenvalue weighted by atomic mass is 32.2. The van der Waals surface area contributed by atoms with Crippen molar-refractivity contribution in [3.8, 4) is 0 Å². The van der Waals surface area contributed by atoms with Gasteiger partial charge in [0.25, 0.3) is 0 Å². The molecule has 144 valence electrons. The maximum absolute atomic E-state index is 12.3. The van der Waals surface area contributed by atoms with Crippen LogP contribution in [0.2, 0.25) is 0 Å². The second kappa shape index (κ2) is 9.97. The smallest absolute Gasteiger partial charge is 0.312 e. The fraction of sp³-hybridized carbons (Fsp3) is 0.556. The molecule has 0 bridgehead atoms. The number of carbonyl (C=O) groups is 4. The minimum absolute atomic E-state index is 0.108. The van der Waals surface area contributed by atoms with Crippen LogP contribution in [0.4, 0.5) is 0 Å². The highest BCUT2D eigenvalue weighted by Crippen LogP contribution is 2.20. The Morgan fingerprint density at radius 2 is 1.19 bits per heavy atom. The average Bonchev–Trinajstić information content (AvgIpc) is 2.54. The molecule has 1 heterocycles. The molecule has 1 aliphatic rings. The van der Waals surface area contributed by atoms with Gasteiger partial charge in [-0.2, -0.15) is 0 Å². The summed E-state index contributed by atoms with van der Waals surface area (Å²) in [6, 6.07) is 0. The fourth-order valence-electron chi connectivity index (χ4n) is 2.33. The summed E-state index contributed by atoms with van der Waals surface area (Å²) >= 11 is 2.24. The number of hydrogen-bond acceptors (Lipinski definition) is 6. The van der Waals surface area contributed by atoms with Crippen LogP contribution in [0.15, 0.2) is 24.3 Å². The number of rotatable bonds is 8. The molecule has 1 rings (SSSR count). The van der Waals surface area contributed by atoms with E-state index in [9.17, 15) is 19.2 Å². The summed E-state index contributed by atoms with van der Waals surface area (Å²) in [5, 5.41) is -0.457. The van der Waals surface area contributed by atoms with Gasteiger partial charge in [0.05, 0.1) is 0 Å². The van der Waals surface area contributed by atoms with Crippen LogP contribution in [0.1, 0.15) is 27.7 Å². The van der Waals surface area contributed by atoms with E-state index in [2.05, 4.69) is 13.2 Å². The Balaban J connectivity index is 2.56. The monoisotopic (exact) mass is 398 g/mol. The topological polar surface area (TPSA) is 74.8 Å². The predicted molar refractivity (Wildman–Crippen MR) is 107 cm³/mol. The number of hydrogen-bond donors (Lipinski definition) is 0. The van der Waals surface area contributed by atoms with Crippen LogP contribution in [-0.4, -0.2) is 68.5 Å². The van der Waals surface area contributed by atoms with Gasteiger partial charge in [0.15, 0.2) is 0 Å². The van der Waals surface area contributed by atoms with Gasteiger partial charge in [-0.1, -0.05) is 50.5 Å². The third kappa shape index (κ3) is 6.64. The van der Waals surface area contributed by atoms with E-state index < -0.39 is 11.8 Å². The lowest BCUT2D eigenvalue weighted by molar-refractivity contribution is -0.155. The van der Waals surface area contributed by atoms with Crippen molar-refractivity contribution in [3.05, 3.63) is 24.3 Å². The molecule has 2 unspecified atom stereocenters. The third-order valence-corrected chi connectivity index (χ3v) is 5.89. The van der Waals surface area contributed by atoms with E-state index in [0.29, 0.717) is 37.3 Å². The zero-order valence-electron chi connectivity index (χ0n) is 15.7. The van der Waals surface area contributed by atoms with Gasteiger partial charge in [-0.05, 0) is 25.0 Å². The van der Waals surface area contributed by atoms with Crippen LogP contribution < -0.4 is 0 Å². The maximum Gasteiger partial charge on any atom is 0.312 e. The normalized spacial score (nSPS) is 17.1. The quantitative estimate of drug-likeness (QED) is 0.460. The van der Waals surface area contributed by atoms with Crippen molar-refractivity contribution in [1.82, 2.24) is 9.80 Å². The summed E-state index contributed by atoms with van der Waals surface area (Å²) in [6.07, 6.45) is 0.